The predicted octanol–water partition coefficient (Wildman–Crippen LogP) is 4.80. The van der Waals surface area contributed by atoms with E-state index in [1.165, 1.54) is 28.4 Å². The van der Waals surface area contributed by atoms with Crippen LogP contribution in [0, 0.1) is 5.41 Å². The third-order valence-corrected chi connectivity index (χ3v) is 6.74. The Morgan fingerprint density at radius 3 is 2.85 bits per heavy atom. The van der Waals surface area contributed by atoms with E-state index < -0.39 is 0 Å². The van der Waals surface area contributed by atoms with Crippen molar-refractivity contribution in [2.75, 3.05) is 6.54 Å². The van der Waals surface area contributed by atoms with Gasteiger partial charge in [-0.3, -0.25) is 0 Å². The summed E-state index contributed by atoms with van der Waals surface area (Å²) in [7, 11) is 0. The highest BCUT2D eigenvalue weighted by Gasteiger charge is 2.34. The van der Waals surface area contributed by atoms with Crippen molar-refractivity contribution in [2.45, 2.75) is 70.9 Å². The first-order valence-corrected chi connectivity index (χ1v) is 9.65. The Labute approximate surface area is 132 Å². The van der Waals surface area contributed by atoms with Gasteiger partial charge in [0, 0.05) is 21.9 Å². The number of thiazole rings is 1. The summed E-state index contributed by atoms with van der Waals surface area (Å²) < 4.78 is 0. The molecule has 1 aliphatic carbocycles. The maximum atomic E-state index is 4.94. The fourth-order valence-corrected chi connectivity index (χ4v) is 4.91. The van der Waals surface area contributed by atoms with Crippen LogP contribution in [-0.2, 0) is 12.2 Å². The summed E-state index contributed by atoms with van der Waals surface area (Å²) in [4.78, 5) is 6.45. The van der Waals surface area contributed by atoms with Crippen LogP contribution in [-0.4, -0.2) is 16.8 Å². The van der Waals surface area contributed by atoms with E-state index >= 15 is 0 Å². The van der Waals surface area contributed by atoms with Crippen molar-refractivity contribution in [1.29, 1.82) is 0 Å². The van der Waals surface area contributed by atoms with Crippen molar-refractivity contribution in [1.82, 2.24) is 10.3 Å². The highest BCUT2D eigenvalue weighted by atomic mass is 32.2. The second-order valence-electron chi connectivity index (χ2n) is 6.60. The summed E-state index contributed by atoms with van der Waals surface area (Å²) in [5.41, 5.74) is 1.73. The first-order chi connectivity index (χ1) is 9.45. The van der Waals surface area contributed by atoms with Crippen molar-refractivity contribution in [3.63, 3.8) is 0 Å². The van der Waals surface area contributed by atoms with Crippen LogP contribution < -0.4 is 5.32 Å². The average Bonchev–Trinajstić information content (AvgIpc) is 2.77. The van der Waals surface area contributed by atoms with Gasteiger partial charge in [0.2, 0.25) is 0 Å². The van der Waals surface area contributed by atoms with Gasteiger partial charge in [-0.15, -0.1) is 11.3 Å². The summed E-state index contributed by atoms with van der Waals surface area (Å²) in [6.45, 7) is 12.5. The number of hydrogen-bond acceptors (Lipinski definition) is 4. The lowest BCUT2D eigenvalue weighted by Gasteiger charge is -2.34. The van der Waals surface area contributed by atoms with E-state index in [0.29, 0.717) is 11.5 Å². The SMILES string of the molecule is CCNC1CC(C)(C)Cc2nc(CSC(C)CC)sc21. The zero-order valence-corrected chi connectivity index (χ0v) is 15.1. The molecule has 0 fully saturated rings. The number of thioether (sulfide) groups is 1. The lowest BCUT2D eigenvalue weighted by molar-refractivity contribution is 0.260. The molecular formula is C16H28N2S2. The standard InChI is InChI=1S/C16H28N2S2/c1-6-11(3)19-10-14-18-13-9-16(4,5)8-12(17-7-2)15(13)20-14/h11-12,17H,6-10H2,1-5H3. The third-order valence-electron chi connectivity index (χ3n) is 4.01. The number of nitrogens with one attached hydrogen (secondary N) is 1. The molecule has 0 bridgehead atoms. The van der Waals surface area contributed by atoms with Crippen LogP contribution in [0.3, 0.4) is 0 Å². The maximum Gasteiger partial charge on any atom is 0.103 e. The predicted molar refractivity (Wildman–Crippen MR) is 91.7 cm³/mol. The summed E-state index contributed by atoms with van der Waals surface area (Å²) in [5.74, 6) is 1.08. The molecule has 0 amide bonds. The second kappa shape index (κ2) is 6.80. The molecule has 1 aromatic heterocycles. The van der Waals surface area contributed by atoms with E-state index in [-0.39, 0.29) is 0 Å². The average molecular weight is 313 g/mol. The highest BCUT2D eigenvalue weighted by Crippen LogP contribution is 2.43. The van der Waals surface area contributed by atoms with Gasteiger partial charge < -0.3 is 5.32 Å². The lowest BCUT2D eigenvalue weighted by Crippen LogP contribution is -2.32. The van der Waals surface area contributed by atoms with Crippen molar-refractivity contribution < 1.29 is 0 Å². The van der Waals surface area contributed by atoms with Crippen LogP contribution in [0.15, 0.2) is 0 Å². The van der Waals surface area contributed by atoms with Gasteiger partial charge in [-0.2, -0.15) is 11.8 Å². The largest absolute Gasteiger partial charge is 0.309 e. The first kappa shape index (κ1) is 16.3. The molecule has 0 spiro atoms. The number of hydrogen-bond donors (Lipinski definition) is 1. The van der Waals surface area contributed by atoms with Crippen LogP contribution in [0.2, 0.25) is 0 Å². The van der Waals surface area contributed by atoms with Crippen LogP contribution in [0.1, 0.15) is 69.1 Å². The zero-order chi connectivity index (χ0) is 14.8. The molecule has 2 rings (SSSR count). The lowest BCUT2D eigenvalue weighted by atomic mass is 9.76. The molecule has 114 valence electrons. The molecule has 2 unspecified atom stereocenters. The number of aromatic nitrogens is 1. The molecular weight excluding hydrogens is 284 g/mol. The summed E-state index contributed by atoms with van der Waals surface area (Å²) >= 11 is 3.98. The molecule has 0 radical (unpaired) electrons. The maximum absolute atomic E-state index is 4.94. The summed E-state index contributed by atoms with van der Waals surface area (Å²) in [6.07, 6.45) is 3.60. The molecule has 2 atom stereocenters. The zero-order valence-electron chi connectivity index (χ0n) is 13.5. The fourth-order valence-electron chi connectivity index (χ4n) is 2.79. The Morgan fingerprint density at radius 2 is 2.20 bits per heavy atom. The van der Waals surface area contributed by atoms with E-state index in [2.05, 4.69) is 39.9 Å². The van der Waals surface area contributed by atoms with Crippen LogP contribution in [0.4, 0.5) is 0 Å². The van der Waals surface area contributed by atoms with Crippen molar-refractivity contribution in [3.05, 3.63) is 15.6 Å². The van der Waals surface area contributed by atoms with Gasteiger partial charge in [0.05, 0.1) is 5.69 Å². The van der Waals surface area contributed by atoms with Crippen molar-refractivity contribution in [3.8, 4) is 0 Å². The molecule has 20 heavy (non-hydrogen) atoms. The second-order valence-corrected chi connectivity index (χ2v) is 9.15. The van der Waals surface area contributed by atoms with Crippen LogP contribution in [0.5, 0.6) is 0 Å². The van der Waals surface area contributed by atoms with E-state index in [4.69, 9.17) is 4.98 Å². The van der Waals surface area contributed by atoms with E-state index in [0.717, 1.165) is 24.0 Å². The topological polar surface area (TPSA) is 24.9 Å². The number of fused-ring (bicyclic) bond motifs is 1. The van der Waals surface area contributed by atoms with E-state index in [1.807, 2.05) is 23.1 Å². The molecule has 1 heterocycles. The molecule has 1 aliphatic rings. The van der Waals surface area contributed by atoms with Gasteiger partial charge in [0.25, 0.3) is 0 Å². The fraction of sp³-hybridized carbons (Fsp3) is 0.812. The molecule has 0 saturated carbocycles. The third kappa shape index (κ3) is 3.99. The Kier molecular flexibility index (Phi) is 5.55. The Balaban J connectivity index is 2.13. The summed E-state index contributed by atoms with van der Waals surface area (Å²) in [5, 5.41) is 5.70. The smallest absolute Gasteiger partial charge is 0.103 e. The normalized spacial score (nSPS) is 22.6. The van der Waals surface area contributed by atoms with Crippen molar-refractivity contribution in [2.24, 2.45) is 5.41 Å². The van der Waals surface area contributed by atoms with Crippen LogP contribution >= 0.6 is 23.1 Å². The van der Waals surface area contributed by atoms with Crippen LogP contribution in [0.25, 0.3) is 0 Å². The molecule has 0 saturated heterocycles. The number of nitrogens with zero attached hydrogens (tertiary/aromatic N) is 1. The van der Waals surface area contributed by atoms with E-state index in [1.54, 1.807) is 0 Å². The minimum atomic E-state index is 0.370. The van der Waals surface area contributed by atoms with Crippen molar-refractivity contribution >= 4 is 23.1 Å². The molecule has 0 aromatic carbocycles. The molecule has 0 aliphatic heterocycles. The van der Waals surface area contributed by atoms with Gasteiger partial charge in [0.1, 0.15) is 5.01 Å². The monoisotopic (exact) mass is 312 g/mol. The van der Waals surface area contributed by atoms with E-state index in [9.17, 15) is 0 Å². The molecule has 4 heteroatoms. The Hall–Kier alpha value is -0.0600. The van der Waals surface area contributed by atoms with Gasteiger partial charge >= 0.3 is 0 Å². The minimum Gasteiger partial charge on any atom is -0.309 e. The minimum absolute atomic E-state index is 0.370. The van der Waals surface area contributed by atoms with Gasteiger partial charge in [-0.25, -0.2) is 4.98 Å². The Morgan fingerprint density at radius 1 is 1.45 bits per heavy atom. The van der Waals surface area contributed by atoms with Gasteiger partial charge in [-0.05, 0) is 31.2 Å². The highest BCUT2D eigenvalue weighted by molar-refractivity contribution is 7.99. The molecule has 2 nitrogen and oxygen atoms in total. The molecule has 1 aromatic rings. The molecule has 1 N–H and O–H groups in total. The number of rotatable bonds is 6. The first-order valence-electron chi connectivity index (χ1n) is 7.78. The Bertz CT molecular complexity index is 440. The van der Waals surface area contributed by atoms with Gasteiger partial charge in [0.15, 0.2) is 0 Å². The van der Waals surface area contributed by atoms with Gasteiger partial charge in [-0.1, -0.05) is 34.6 Å². The summed E-state index contributed by atoms with van der Waals surface area (Å²) in [6, 6.07) is 0.513. The quantitative estimate of drug-likeness (QED) is 0.817.